The van der Waals surface area contributed by atoms with E-state index in [0.29, 0.717) is 29.5 Å². The third-order valence-corrected chi connectivity index (χ3v) is 3.26. The van der Waals surface area contributed by atoms with E-state index < -0.39 is 0 Å². The smallest absolute Gasteiger partial charge is 0.169 e. The zero-order valence-corrected chi connectivity index (χ0v) is 10.5. The molecular formula is C13H15ClO3. The van der Waals surface area contributed by atoms with E-state index in [4.69, 9.17) is 21.1 Å². The minimum atomic E-state index is 0.0406. The summed E-state index contributed by atoms with van der Waals surface area (Å²) in [4.78, 5) is 12.3. The van der Waals surface area contributed by atoms with Crippen LogP contribution >= 0.6 is 11.6 Å². The monoisotopic (exact) mass is 254 g/mol. The first-order valence-corrected chi connectivity index (χ1v) is 6.05. The fraction of sp³-hybridized carbons (Fsp3) is 0.462. The summed E-state index contributed by atoms with van der Waals surface area (Å²) in [5, 5.41) is 0.574. The van der Waals surface area contributed by atoms with E-state index in [0.717, 1.165) is 12.8 Å². The number of carbonyl (C=O) groups excluding carboxylic acids is 1. The Morgan fingerprint density at radius 1 is 1.41 bits per heavy atom. The SMILES string of the molecule is COc1cc(Cl)ccc1C(=O)C1CCOCC1. The van der Waals surface area contributed by atoms with Crippen molar-refractivity contribution in [2.24, 2.45) is 5.92 Å². The van der Waals surface area contributed by atoms with E-state index in [1.54, 1.807) is 25.3 Å². The van der Waals surface area contributed by atoms with Crippen LogP contribution in [0.1, 0.15) is 23.2 Å². The summed E-state index contributed by atoms with van der Waals surface area (Å²) in [7, 11) is 1.55. The summed E-state index contributed by atoms with van der Waals surface area (Å²) in [5.41, 5.74) is 0.615. The highest BCUT2D eigenvalue weighted by molar-refractivity contribution is 6.30. The van der Waals surface area contributed by atoms with Gasteiger partial charge < -0.3 is 9.47 Å². The highest BCUT2D eigenvalue weighted by Gasteiger charge is 2.25. The first-order valence-electron chi connectivity index (χ1n) is 5.68. The van der Waals surface area contributed by atoms with Crippen LogP contribution in [0.25, 0.3) is 0 Å². The summed E-state index contributed by atoms with van der Waals surface area (Å²) in [5.74, 6) is 0.717. The Morgan fingerprint density at radius 2 is 2.12 bits per heavy atom. The molecule has 0 amide bonds. The van der Waals surface area contributed by atoms with Crippen LogP contribution < -0.4 is 4.74 Å². The van der Waals surface area contributed by atoms with Crippen LogP contribution in [0.15, 0.2) is 18.2 Å². The number of ether oxygens (including phenoxy) is 2. The molecule has 1 aromatic rings. The Morgan fingerprint density at radius 3 is 2.76 bits per heavy atom. The normalized spacial score (nSPS) is 16.8. The van der Waals surface area contributed by atoms with Crippen LogP contribution in [0.5, 0.6) is 5.75 Å². The van der Waals surface area contributed by atoms with Crippen molar-refractivity contribution < 1.29 is 14.3 Å². The van der Waals surface area contributed by atoms with Gasteiger partial charge in [-0.15, -0.1) is 0 Å². The third-order valence-electron chi connectivity index (χ3n) is 3.02. The molecule has 92 valence electrons. The average molecular weight is 255 g/mol. The van der Waals surface area contributed by atoms with E-state index >= 15 is 0 Å². The topological polar surface area (TPSA) is 35.5 Å². The van der Waals surface area contributed by atoms with Gasteiger partial charge in [0, 0.05) is 24.2 Å². The maximum Gasteiger partial charge on any atom is 0.169 e. The number of hydrogen-bond acceptors (Lipinski definition) is 3. The van der Waals surface area contributed by atoms with Crippen LogP contribution in [-0.2, 0) is 4.74 Å². The van der Waals surface area contributed by atoms with Gasteiger partial charge in [-0.25, -0.2) is 0 Å². The van der Waals surface area contributed by atoms with E-state index in [-0.39, 0.29) is 11.7 Å². The van der Waals surface area contributed by atoms with E-state index in [2.05, 4.69) is 0 Å². The molecule has 1 aromatic carbocycles. The number of halogens is 1. The molecule has 0 aromatic heterocycles. The Labute approximate surface area is 106 Å². The maximum atomic E-state index is 12.3. The fourth-order valence-corrected chi connectivity index (χ4v) is 2.21. The van der Waals surface area contributed by atoms with Crippen LogP contribution in [0.4, 0.5) is 0 Å². The van der Waals surface area contributed by atoms with Gasteiger partial charge in [-0.3, -0.25) is 4.79 Å². The highest BCUT2D eigenvalue weighted by atomic mass is 35.5. The molecule has 0 aliphatic carbocycles. The van der Waals surface area contributed by atoms with Crippen LogP contribution in [-0.4, -0.2) is 26.1 Å². The van der Waals surface area contributed by atoms with Gasteiger partial charge in [0.2, 0.25) is 0 Å². The van der Waals surface area contributed by atoms with Gasteiger partial charge in [0.1, 0.15) is 5.75 Å². The molecule has 1 heterocycles. The number of hydrogen-bond donors (Lipinski definition) is 0. The minimum Gasteiger partial charge on any atom is -0.496 e. The largest absolute Gasteiger partial charge is 0.496 e. The fourth-order valence-electron chi connectivity index (χ4n) is 2.05. The third kappa shape index (κ3) is 2.79. The Hall–Kier alpha value is -1.06. The predicted molar refractivity (Wildman–Crippen MR) is 65.9 cm³/mol. The van der Waals surface area contributed by atoms with Gasteiger partial charge in [0.15, 0.2) is 5.78 Å². The molecule has 0 unspecified atom stereocenters. The molecule has 0 atom stereocenters. The molecule has 2 rings (SSSR count). The number of methoxy groups -OCH3 is 1. The summed E-state index contributed by atoms with van der Waals surface area (Å²) >= 11 is 5.87. The van der Waals surface area contributed by atoms with Gasteiger partial charge in [0.25, 0.3) is 0 Å². The molecule has 1 aliphatic heterocycles. The van der Waals surface area contributed by atoms with Crippen molar-refractivity contribution in [1.29, 1.82) is 0 Å². The lowest BCUT2D eigenvalue weighted by molar-refractivity contribution is 0.0543. The Balaban J connectivity index is 2.23. The maximum absolute atomic E-state index is 12.3. The Kier molecular flexibility index (Phi) is 4.02. The predicted octanol–water partition coefficient (Wildman–Crippen LogP) is 2.96. The van der Waals surface area contributed by atoms with Crippen molar-refractivity contribution >= 4 is 17.4 Å². The second-order valence-corrected chi connectivity index (χ2v) is 4.53. The van der Waals surface area contributed by atoms with Gasteiger partial charge >= 0.3 is 0 Å². The van der Waals surface area contributed by atoms with Crippen molar-refractivity contribution in [2.45, 2.75) is 12.8 Å². The Bertz CT molecular complexity index is 411. The summed E-state index contributed by atoms with van der Waals surface area (Å²) in [6, 6.07) is 5.13. The van der Waals surface area contributed by atoms with Crippen molar-refractivity contribution in [3.05, 3.63) is 28.8 Å². The lowest BCUT2D eigenvalue weighted by Gasteiger charge is -2.21. The number of ketones is 1. The van der Waals surface area contributed by atoms with Crippen molar-refractivity contribution in [3.63, 3.8) is 0 Å². The van der Waals surface area contributed by atoms with E-state index in [1.165, 1.54) is 0 Å². The van der Waals surface area contributed by atoms with Crippen molar-refractivity contribution in [3.8, 4) is 5.75 Å². The van der Waals surface area contributed by atoms with Gasteiger partial charge in [-0.05, 0) is 31.0 Å². The molecule has 1 saturated heterocycles. The second kappa shape index (κ2) is 5.52. The standard InChI is InChI=1S/C13H15ClO3/c1-16-12-8-10(14)2-3-11(12)13(15)9-4-6-17-7-5-9/h2-3,8-9H,4-7H2,1H3. The first-order chi connectivity index (χ1) is 8.22. The molecule has 4 heteroatoms. The zero-order chi connectivity index (χ0) is 12.3. The number of Topliss-reactive ketones (excluding diaryl/α,β-unsaturated/α-hetero) is 1. The van der Waals surface area contributed by atoms with Gasteiger partial charge in [-0.1, -0.05) is 11.6 Å². The molecule has 0 spiro atoms. The second-order valence-electron chi connectivity index (χ2n) is 4.10. The molecular weight excluding hydrogens is 240 g/mol. The molecule has 0 N–H and O–H groups in total. The van der Waals surface area contributed by atoms with Crippen LogP contribution in [0.2, 0.25) is 5.02 Å². The number of carbonyl (C=O) groups is 1. The zero-order valence-electron chi connectivity index (χ0n) is 9.74. The number of rotatable bonds is 3. The molecule has 0 radical (unpaired) electrons. The quantitative estimate of drug-likeness (QED) is 0.778. The lowest BCUT2D eigenvalue weighted by Crippen LogP contribution is -2.23. The van der Waals surface area contributed by atoms with E-state index in [9.17, 15) is 4.79 Å². The lowest BCUT2D eigenvalue weighted by atomic mass is 9.90. The summed E-state index contributed by atoms with van der Waals surface area (Å²) in [6.07, 6.45) is 1.56. The molecule has 1 fully saturated rings. The summed E-state index contributed by atoms with van der Waals surface area (Å²) in [6.45, 7) is 1.32. The summed E-state index contributed by atoms with van der Waals surface area (Å²) < 4.78 is 10.5. The average Bonchev–Trinajstić information content (AvgIpc) is 2.39. The van der Waals surface area contributed by atoms with Gasteiger partial charge in [-0.2, -0.15) is 0 Å². The molecule has 0 bridgehead atoms. The number of benzene rings is 1. The highest BCUT2D eigenvalue weighted by Crippen LogP contribution is 2.28. The van der Waals surface area contributed by atoms with E-state index in [1.807, 2.05) is 0 Å². The van der Waals surface area contributed by atoms with Gasteiger partial charge in [0.05, 0.1) is 12.7 Å². The molecule has 1 aliphatic rings. The van der Waals surface area contributed by atoms with Crippen molar-refractivity contribution in [1.82, 2.24) is 0 Å². The van der Waals surface area contributed by atoms with Crippen molar-refractivity contribution in [2.75, 3.05) is 20.3 Å². The van der Waals surface area contributed by atoms with Crippen LogP contribution in [0.3, 0.4) is 0 Å². The molecule has 3 nitrogen and oxygen atoms in total. The molecule has 0 saturated carbocycles. The first kappa shape index (κ1) is 12.4. The minimum absolute atomic E-state index is 0.0406. The molecule has 17 heavy (non-hydrogen) atoms. The van der Waals surface area contributed by atoms with Crippen LogP contribution in [0, 0.1) is 5.92 Å².